The van der Waals surface area contributed by atoms with Crippen LogP contribution in [0.5, 0.6) is 0 Å². The van der Waals surface area contributed by atoms with Crippen molar-refractivity contribution >= 4 is 5.97 Å². The van der Waals surface area contributed by atoms with Crippen molar-refractivity contribution < 1.29 is 22.7 Å². The fraction of sp³-hybridized carbons (Fsp3) is 0.417. The first-order valence-electron chi connectivity index (χ1n) is 5.32. The number of nitrogens with one attached hydrogen (secondary N) is 1. The number of methoxy groups -OCH3 is 1. The van der Waals surface area contributed by atoms with Crippen molar-refractivity contribution in [3.8, 4) is 0 Å². The van der Waals surface area contributed by atoms with E-state index in [-0.39, 0.29) is 6.54 Å². The van der Waals surface area contributed by atoms with Gasteiger partial charge in [0.1, 0.15) is 6.04 Å². The molecule has 100 valence electrons. The van der Waals surface area contributed by atoms with Crippen LogP contribution in [0.1, 0.15) is 18.1 Å². The van der Waals surface area contributed by atoms with Gasteiger partial charge in [0.15, 0.2) is 0 Å². The minimum Gasteiger partial charge on any atom is -0.468 e. The molecule has 1 aromatic rings. The lowest BCUT2D eigenvalue weighted by molar-refractivity contribution is -0.142. The average molecular weight is 261 g/mol. The normalized spacial score (nSPS) is 13.2. The van der Waals surface area contributed by atoms with Crippen molar-refractivity contribution in [3.63, 3.8) is 0 Å². The second-order valence-electron chi connectivity index (χ2n) is 3.82. The van der Waals surface area contributed by atoms with Gasteiger partial charge < -0.3 is 10.1 Å². The maximum absolute atomic E-state index is 12.5. The first-order valence-corrected chi connectivity index (χ1v) is 5.32. The zero-order valence-electron chi connectivity index (χ0n) is 10.0. The third kappa shape index (κ3) is 4.03. The number of hydrogen-bond acceptors (Lipinski definition) is 3. The number of rotatable bonds is 4. The number of esters is 1. The number of halogens is 3. The molecule has 0 heterocycles. The van der Waals surface area contributed by atoms with Crippen LogP contribution >= 0.6 is 0 Å². The van der Waals surface area contributed by atoms with E-state index in [1.165, 1.54) is 13.2 Å². The minimum atomic E-state index is -4.36. The third-order valence-electron chi connectivity index (χ3n) is 2.42. The Morgan fingerprint density at radius 2 is 2.11 bits per heavy atom. The van der Waals surface area contributed by atoms with E-state index in [1.807, 2.05) is 0 Å². The van der Waals surface area contributed by atoms with Crippen LogP contribution in [0.25, 0.3) is 0 Å². The standard InChI is InChI=1S/C12H14F3NO2/c1-8(11(17)18-2)16-7-9-4-3-5-10(6-9)12(13,14)15/h3-6,8,16H,7H2,1-2H3. The fourth-order valence-corrected chi connectivity index (χ4v) is 1.39. The first-order chi connectivity index (χ1) is 8.34. The molecule has 0 aromatic heterocycles. The highest BCUT2D eigenvalue weighted by Crippen LogP contribution is 2.29. The molecule has 0 aliphatic rings. The van der Waals surface area contributed by atoms with E-state index in [9.17, 15) is 18.0 Å². The van der Waals surface area contributed by atoms with Crippen molar-refractivity contribution in [1.82, 2.24) is 5.32 Å². The Hall–Kier alpha value is -1.56. The molecule has 0 saturated carbocycles. The van der Waals surface area contributed by atoms with Crippen LogP contribution in [0.3, 0.4) is 0 Å². The SMILES string of the molecule is COC(=O)C(C)NCc1cccc(C(F)(F)F)c1. The van der Waals surface area contributed by atoms with Gasteiger partial charge in [-0.15, -0.1) is 0 Å². The minimum absolute atomic E-state index is 0.167. The van der Waals surface area contributed by atoms with Gasteiger partial charge in [0.25, 0.3) is 0 Å². The Morgan fingerprint density at radius 3 is 2.67 bits per heavy atom. The van der Waals surface area contributed by atoms with Crippen LogP contribution in [-0.4, -0.2) is 19.1 Å². The third-order valence-corrected chi connectivity index (χ3v) is 2.42. The molecule has 18 heavy (non-hydrogen) atoms. The number of hydrogen-bond donors (Lipinski definition) is 1. The smallest absolute Gasteiger partial charge is 0.416 e. The largest absolute Gasteiger partial charge is 0.468 e. The topological polar surface area (TPSA) is 38.3 Å². The summed E-state index contributed by atoms with van der Waals surface area (Å²) in [5, 5.41) is 2.79. The Balaban J connectivity index is 2.66. The molecule has 0 spiro atoms. The molecular weight excluding hydrogens is 247 g/mol. The molecule has 0 radical (unpaired) electrons. The van der Waals surface area contributed by atoms with Gasteiger partial charge in [-0.1, -0.05) is 18.2 Å². The summed E-state index contributed by atoms with van der Waals surface area (Å²) < 4.78 is 41.9. The molecule has 0 bridgehead atoms. The van der Waals surface area contributed by atoms with Crippen LogP contribution in [0.2, 0.25) is 0 Å². The average Bonchev–Trinajstić information content (AvgIpc) is 2.34. The van der Waals surface area contributed by atoms with E-state index in [4.69, 9.17) is 0 Å². The molecule has 0 amide bonds. The maximum Gasteiger partial charge on any atom is 0.416 e. The Bertz CT molecular complexity index is 418. The molecule has 0 aliphatic heterocycles. The molecule has 3 nitrogen and oxygen atoms in total. The molecule has 1 N–H and O–H groups in total. The molecule has 6 heteroatoms. The number of carbonyl (C=O) groups is 1. The zero-order valence-corrected chi connectivity index (χ0v) is 10.0. The predicted molar refractivity (Wildman–Crippen MR) is 59.8 cm³/mol. The number of carbonyl (C=O) groups excluding carboxylic acids is 1. The van der Waals surface area contributed by atoms with Crippen molar-refractivity contribution in [2.45, 2.75) is 25.7 Å². The molecular formula is C12H14F3NO2. The van der Waals surface area contributed by atoms with E-state index >= 15 is 0 Å². The lowest BCUT2D eigenvalue weighted by Crippen LogP contribution is -2.34. The molecule has 1 rings (SSSR count). The lowest BCUT2D eigenvalue weighted by atomic mass is 10.1. The molecule has 0 aliphatic carbocycles. The van der Waals surface area contributed by atoms with Crippen LogP contribution in [0.15, 0.2) is 24.3 Å². The van der Waals surface area contributed by atoms with Crippen LogP contribution in [0, 0.1) is 0 Å². The number of alkyl halides is 3. The van der Waals surface area contributed by atoms with E-state index in [1.54, 1.807) is 13.0 Å². The summed E-state index contributed by atoms with van der Waals surface area (Å²) in [6.45, 7) is 1.75. The molecule has 0 fully saturated rings. The van der Waals surface area contributed by atoms with Gasteiger partial charge in [-0.3, -0.25) is 4.79 Å². The fourth-order valence-electron chi connectivity index (χ4n) is 1.39. The second kappa shape index (κ2) is 5.86. The van der Waals surface area contributed by atoms with Gasteiger partial charge in [-0.25, -0.2) is 0 Å². The quantitative estimate of drug-likeness (QED) is 0.845. The summed E-state index contributed by atoms with van der Waals surface area (Å²) in [4.78, 5) is 11.1. The highest BCUT2D eigenvalue weighted by molar-refractivity contribution is 5.75. The van der Waals surface area contributed by atoms with E-state index in [2.05, 4.69) is 10.1 Å². The van der Waals surface area contributed by atoms with Crippen LogP contribution in [0.4, 0.5) is 13.2 Å². The Kier molecular flexibility index (Phi) is 4.72. The molecule has 1 atom stereocenters. The van der Waals surface area contributed by atoms with E-state index in [0.29, 0.717) is 5.56 Å². The van der Waals surface area contributed by atoms with Gasteiger partial charge in [0.05, 0.1) is 12.7 Å². The molecule has 1 aromatic carbocycles. The first kappa shape index (κ1) is 14.5. The summed E-state index contributed by atoms with van der Waals surface area (Å²) in [6, 6.07) is 4.39. The molecule has 0 saturated heterocycles. The number of benzene rings is 1. The number of ether oxygens (including phenoxy) is 1. The van der Waals surface area contributed by atoms with Crippen molar-refractivity contribution in [2.24, 2.45) is 0 Å². The van der Waals surface area contributed by atoms with Gasteiger partial charge in [-0.05, 0) is 18.6 Å². The Morgan fingerprint density at radius 1 is 1.44 bits per heavy atom. The highest BCUT2D eigenvalue weighted by atomic mass is 19.4. The predicted octanol–water partition coefficient (Wildman–Crippen LogP) is 2.36. The van der Waals surface area contributed by atoms with Crippen LogP contribution in [-0.2, 0) is 22.3 Å². The van der Waals surface area contributed by atoms with E-state index < -0.39 is 23.8 Å². The maximum atomic E-state index is 12.5. The lowest BCUT2D eigenvalue weighted by Gasteiger charge is -2.12. The van der Waals surface area contributed by atoms with Gasteiger partial charge in [0.2, 0.25) is 0 Å². The van der Waals surface area contributed by atoms with Crippen molar-refractivity contribution in [1.29, 1.82) is 0 Å². The highest BCUT2D eigenvalue weighted by Gasteiger charge is 2.30. The van der Waals surface area contributed by atoms with Gasteiger partial charge >= 0.3 is 12.1 Å². The summed E-state index contributed by atoms with van der Waals surface area (Å²) in [5.41, 5.74) is -0.243. The van der Waals surface area contributed by atoms with Gasteiger partial charge in [0, 0.05) is 6.54 Å². The Labute approximate surface area is 103 Å². The summed E-state index contributed by atoms with van der Waals surface area (Å²) in [6.07, 6.45) is -4.36. The van der Waals surface area contributed by atoms with Crippen molar-refractivity contribution in [2.75, 3.05) is 7.11 Å². The van der Waals surface area contributed by atoms with Crippen molar-refractivity contribution in [3.05, 3.63) is 35.4 Å². The molecule has 1 unspecified atom stereocenters. The van der Waals surface area contributed by atoms with Crippen LogP contribution < -0.4 is 5.32 Å². The summed E-state index contributed by atoms with van der Waals surface area (Å²) in [7, 11) is 1.25. The second-order valence-corrected chi connectivity index (χ2v) is 3.82. The summed E-state index contributed by atoms with van der Waals surface area (Å²) >= 11 is 0. The monoisotopic (exact) mass is 261 g/mol. The summed E-state index contributed by atoms with van der Waals surface area (Å²) in [5.74, 6) is -0.457. The zero-order chi connectivity index (χ0) is 13.8. The van der Waals surface area contributed by atoms with Gasteiger partial charge in [-0.2, -0.15) is 13.2 Å². The van der Waals surface area contributed by atoms with E-state index in [0.717, 1.165) is 12.1 Å².